The van der Waals surface area contributed by atoms with Crippen molar-refractivity contribution in [3.8, 4) is 0 Å². The minimum atomic E-state index is -0.557. The van der Waals surface area contributed by atoms with E-state index in [0.717, 1.165) is 18.0 Å². The van der Waals surface area contributed by atoms with E-state index < -0.39 is 9.85 Å². The van der Waals surface area contributed by atoms with Gasteiger partial charge in [-0.3, -0.25) is 25.0 Å². The lowest BCUT2D eigenvalue weighted by atomic mass is 10.2. The second kappa shape index (κ2) is 7.51. The summed E-state index contributed by atoms with van der Waals surface area (Å²) in [6.07, 6.45) is 1.11. The summed E-state index contributed by atoms with van der Waals surface area (Å²) in [6.45, 7) is 1.61. The SMILES string of the molecule is Cc1ccc(NC(=O)CSc2ccc([N+](=O)[O-])cn2)cc1[N+](=O)[O-]. The van der Waals surface area contributed by atoms with Crippen molar-refractivity contribution >= 4 is 34.7 Å². The highest BCUT2D eigenvalue weighted by Crippen LogP contribution is 2.23. The summed E-state index contributed by atoms with van der Waals surface area (Å²) < 4.78 is 0. The fraction of sp³-hybridized carbons (Fsp3) is 0.143. The molecule has 10 heteroatoms. The van der Waals surface area contributed by atoms with Gasteiger partial charge in [-0.05, 0) is 19.1 Å². The molecule has 0 bridgehead atoms. The van der Waals surface area contributed by atoms with E-state index >= 15 is 0 Å². The Bertz CT molecular complexity index is 794. The minimum absolute atomic E-state index is 0.0203. The van der Waals surface area contributed by atoms with E-state index in [2.05, 4.69) is 10.3 Å². The maximum atomic E-state index is 11.9. The van der Waals surface area contributed by atoms with E-state index in [0.29, 0.717) is 16.3 Å². The zero-order chi connectivity index (χ0) is 17.7. The number of benzene rings is 1. The molecule has 0 saturated carbocycles. The van der Waals surface area contributed by atoms with Gasteiger partial charge in [0.15, 0.2) is 0 Å². The Kier molecular flexibility index (Phi) is 5.42. The molecule has 0 unspecified atom stereocenters. The molecule has 0 aliphatic carbocycles. The zero-order valence-electron chi connectivity index (χ0n) is 12.5. The first-order chi connectivity index (χ1) is 11.4. The number of pyridine rings is 1. The lowest BCUT2D eigenvalue weighted by molar-refractivity contribution is -0.385. The third kappa shape index (κ3) is 4.49. The van der Waals surface area contributed by atoms with Crippen LogP contribution in [0.15, 0.2) is 41.6 Å². The average Bonchev–Trinajstić information content (AvgIpc) is 2.55. The van der Waals surface area contributed by atoms with Crippen LogP contribution in [-0.4, -0.2) is 26.5 Å². The summed E-state index contributed by atoms with van der Waals surface area (Å²) in [5.41, 5.74) is 0.630. The van der Waals surface area contributed by atoms with E-state index in [-0.39, 0.29) is 23.0 Å². The molecule has 0 atom stereocenters. The second-order valence-corrected chi connectivity index (χ2v) is 5.70. The number of aryl methyl sites for hydroxylation is 1. The van der Waals surface area contributed by atoms with Crippen LogP contribution < -0.4 is 5.32 Å². The number of aromatic nitrogens is 1. The average molecular weight is 348 g/mol. The van der Waals surface area contributed by atoms with Gasteiger partial charge in [0.1, 0.15) is 6.20 Å². The van der Waals surface area contributed by atoms with Crippen molar-refractivity contribution in [3.05, 3.63) is 62.3 Å². The highest BCUT2D eigenvalue weighted by atomic mass is 32.2. The smallest absolute Gasteiger partial charge is 0.287 e. The van der Waals surface area contributed by atoms with Crippen LogP contribution in [-0.2, 0) is 4.79 Å². The number of nitrogens with one attached hydrogen (secondary N) is 1. The third-order valence-corrected chi connectivity index (χ3v) is 3.92. The van der Waals surface area contributed by atoms with E-state index in [1.54, 1.807) is 19.1 Å². The normalized spacial score (nSPS) is 10.2. The predicted molar refractivity (Wildman–Crippen MR) is 88.1 cm³/mol. The van der Waals surface area contributed by atoms with Crippen molar-refractivity contribution in [3.63, 3.8) is 0 Å². The Morgan fingerprint density at radius 3 is 2.54 bits per heavy atom. The van der Waals surface area contributed by atoms with Gasteiger partial charge in [0.05, 0.1) is 20.6 Å². The molecule has 9 nitrogen and oxygen atoms in total. The summed E-state index contributed by atoms with van der Waals surface area (Å²) in [6, 6.07) is 7.18. The highest BCUT2D eigenvalue weighted by molar-refractivity contribution is 7.99. The molecule has 0 saturated heterocycles. The van der Waals surface area contributed by atoms with E-state index in [4.69, 9.17) is 0 Å². The Hall–Kier alpha value is -3.01. The van der Waals surface area contributed by atoms with Crippen molar-refractivity contribution in [2.45, 2.75) is 11.9 Å². The third-order valence-electron chi connectivity index (χ3n) is 2.97. The quantitative estimate of drug-likeness (QED) is 0.482. The molecule has 0 radical (unpaired) electrons. The van der Waals surface area contributed by atoms with Crippen LogP contribution in [0.25, 0.3) is 0 Å². The highest BCUT2D eigenvalue weighted by Gasteiger charge is 2.13. The van der Waals surface area contributed by atoms with Gasteiger partial charge >= 0.3 is 0 Å². The number of nitro benzene ring substituents is 1. The molecule has 1 amide bonds. The van der Waals surface area contributed by atoms with Crippen LogP contribution in [0.5, 0.6) is 0 Å². The zero-order valence-corrected chi connectivity index (χ0v) is 13.3. The van der Waals surface area contributed by atoms with Crippen LogP contribution in [0.1, 0.15) is 5.56 Å². The first-order valence-electron chi connectivity index (χ1n) is 6.65. The number of carbonyl (C=O) groups is 1. The molecule has 2 aromatic rings. The van der Waals surface area contributed by atoms with Crippen molar-refractivity contribution in [2.24, 2.45) is 0 Å². The maximum Gasteiger partial charge on any atom is 0.287 e. The molecule has 1 aromatic heterocycles. The lowest BCUT2D eigenvalue weighted by Gasteiger charge is -2.06. The number of anilines is 1. The summed E-state index contributed by atoms with van der Waals surface area (Å²) >= 11 is 1.10. The van der Waals surface area contributed by atoms with Gasteiger partial charge < -0.3 is 5.32 Å². The monoisotopic (exact) mass is 348 g/mol. The summed E-state index contributed by atoms with van der Waals surface area (Å²) in [4.78, 5) is 36.1. The van der Waals surface area contributed by atoms with E-state index in [9.17, 15) is 25.0 Å². The summed E-state index contributed by atoms with van der Waals surface area (Å²) in [5, 5.41) is 24.4. The van der Waals surface area contributed by atoms with Crippen LogP contribution in [0.4, 0.5) is 17.1 Å². The molecule has 1 N–H and O–H groups in total. The number of hydrogen-bond donors (Lipinski definition) is 1. The molecule has 0 fully saturated rings. The van der Waals surface area contributed by atoms with Crippen LogP contribution in [0.2, 0.25) is 0 Å². The van der Waals surface area contributed by atoms with Crippen molar-refractivity contribution < 1.29 is 14.6 Å². The Morgan fingerprint density at radius 2 is 1.96 bits per heavy atom. The molecule has 1 heterocycles. The van der Waals surface area contributed by atoms with Gasteiger partial charge in [-0.1, -0.05) is 17.8 Å². The van der Waals surface area contributed by atoms with Gasteiger partial charge in [0.25, 0.3) is 11.4 Å². The first kappa shape index (κ1) is 17.3. The molecule has 0 spiro atoms. The van der Waals surface area contributed by atoms with Crippen molar-refractivity contribution in [2.75, 3.05) is 11.1 Å². The van der Waals surface area contributed by atoms with Crippen LogP contribution in [0, 0.1) is 27.2 Å². The number of amides is 1. The minimum Gasteiger partial charge on any atom is -0.325 e. The molecule has 0 aliphatic rings. The largest absolute Gasteiger partial charge is 0.325 e. The fourth-order valence-electron chi connectivity index (χ4n) is 1.79. The molecule has 1 aromatic carbocycles. The van der Waals surface area contributed by atoms with Gasteiger partial charge in [-0.15, -0.1) is 0 Å². The Labute approximate surface area is 140 Å². The van der Waals surface area contributed by atoms with Gasteiger partial charge in [0, 0.05) is 23.4 Å². The number of nitro groups is 2. The lowest BCUT2D eigenvalue weighted by Crippen LogP contribution is -2.14. The van der Waals surface area contributed by atoms with Crippen LogP contribution in [0.3, 0.4) is 0 Å². The van der Waals surface area contributed by atoms with Gasteiger partial charge in [-0.2, -0.15) is 0 Å². The number of thioether (sulfide) groups is 1. The number of carbonyl (C=O) groups excluding carboxylic acids is 1. The van der Waals surface area contributed by atoms with Gasteiger partial charge in [-0.25, -0.2) is 4.98 Å². The predicted octanol–water partition coefficient (Wildman–Crippen LogP) is 2.94. The summed E-state index contributed by atoms with van der Waals surface area (Å²) in [5.74, 6) is -0.342. The Morgan fingerprint density at radius 1 is 1.21 bits per heavy atom. The standard InChI is InChI=1S/C14H12N4O5S/c1-9-2-3-10(6-12(9)18(22)23)16-13(19)8-24-14-5-4-11(7-15-14)17(20)21/h2-7H,8H2,1H3,(H,16,19). The molecule has 0 aliphatic heterocycles. The topological polar surface area (TPSA) is 128 Å². The van der Waals surface area contributed by atoms with Crippen molar-refractivity contribution in [1.82, 2.24) is 4.98 Å². The number of nitrogens with zero attached hydrogens (tertiary/aromatic N) is 3. The second-order valence-electron chi connectivity index (χ2n) is 4.71. The van der Waals surface area contributed by atoms with E-state index in [1.807, 2.05) is 0 Å². The number of hydrogen-bond acceptors (Lipinski definition) is 7. The molecule has 24 heavy (non-hydrogen) atoms. The van der Waals surface area contributed by atoms with Crippen molar-refractivity contribution in [1.29, 1.82) is 0 Å². The maximum absolute atomic E-state index is 11.9. The fourth-order valence-corrected chi connectivity index (χ4v) is 2.43. The molecular weight excluding hydrogens is 336 g/mol. The first-order valence-corrected chi connectivity index (χ1v) is 7.63. The molecule has 2 rings (SSSR count). The van der Waals surface area contributed by atoms with E-state index in [1.165, 1.54) is 18.2 Å². The Balaban J connectivity index is 1.95. The molecule has 124 valence electrons. The van der Waals surface area contributed by atoms with Gasteiger partial charge in [0.2, 0.25) is 5.91 Å². The van der Waals surface area contributed by atoms with Crippen LogP contribution >= 0.6 is 11.8 Å². The number of rotatable bonds is 6. The molecular formula is C14H12N4O5S. The summed E-state index contributed by atoms with van der Waals surface area (Å²) in [7, 11) is 0.